The van der Waals surface area contributed by atoms with Gasteiger partial charge in [0.2, 0.25) is 0 Å². The lowest BCUT2D eigenvalue weighted by Gasteiger charge is -2.12. The molecule has 2 aliphatic carbocycles. The first kappa shape index (κ1) is 5.72. The number of rotatable bonds is 3. The summed E-state index contributed by atoms with van der Waals surface area (Å²) in [6.45, 7) is 0. The molecule has 0 spiro atoms. The van der Waals surface area contributed by atoms with Gasteiger partial charge in [-0.2, -0.15) is 0 Å². The average Bonchev–Trinajstić information content (AvgIpc) is 2.61. The standard InChI is InChI=1S/C8H14N/c1-9-8(6-2-3-6)7-4-5-7/h6-9H,1-5H2. The molecule has 0 heterocycles. The van der Waals surface area contributed by atoms with Crippen LogP contribution in [0.5, 0.6) is 0 Å². The van der Waals surface area contributed by atoms with Crippen molar-refractivity contribution in [2.75, 3.05) is 0 Å². The minimum Gasteiger partial charge on any atom is -0.312 e. The predicted octanol–water partition coefficient (Wildman–Crippen LogP) is 1.56. The van der Waals surface area contributed by atoms with Crippen LogP contribution in [0.4, 0.5) is 0 Å². The fourth-order valence-electron chi connectivity index (χ4n) is 1.63. The molecule has 2 rings (SSSR count). The van der Waals surface area contributed by atoms with E-state index in [9.17, 15) is 0 Å². The highest BCUT2D eigenvalue weighted by Gasteiger charge is 2.40. The molecule has 1 heteroatoms. The van der Waals surface area contributed by atoms with Crippen molar-refractivity contribution in [1.82, 2.24) is 5.32 Å². The van der Waals surface area contributed by atoms with E-state index in [1.54, 1.807) is 0 Å². The first-order chi connectivity index (χ1) is 4.42. The maximum atomic E-state index is 3.76. The SMILES string of the molecule is [CH2]NC(C1CC1)C1CC1. The zero-order chi connectivity index (χ0) is 6.27. The highest BCUT2D eigenvalue weighted by molar-refractivity contribution is 4.95. The molecule has 0 bridgehead atoms. The van der Waals surface area contributed by atoms with Gasteiger partial charge < -0.3 is 5.32 Å². The molecule has 0 saturated heterocycles. The second-order valence-corrected chi connectivity index (χ2v) is 3.40. The zero-order valence-electron chi connectivity index (χ0n) is 5.77. The van der Waals surface area contributed by atoms with E-state index in [-0.39, 0.29) is 0 Å². The molecule has 0 aromatic heterocycles. The van der Waals surface area contributed by atoms with Crippen molar-refractivity contribution < 1.29 is 0 Å². The van der Waals surface area contributed by atoms with Gasteiger partial charge in [-0.05, 0) is 37.5 Å². The van der Waals surface area contributed by atoms with Crippen LogP contribution in [0.3, 0.4) is 0 Å². The van der Waals surface area contributed by atoms with Crippen molar-refractivity contribution in [3.8, 4) is 0 Å². The van der Waals surface area contributed by atoms with Crippen LogP contribution in [0.25, 0.3) is 0 Å². The summed E-state index contributed by atoms with van der Waals surface area (Å²) in [6, 6.07) is 0.782. The summed E-state index contributed by atoms with van der Waals surface area (Å²) in [5.41, 5.74) is 0. The molecule has 0 aromatic rings. The van der Waals surface area contributed by atoms with Crippen LogP contribution in [-0.2, 0) is 0 Å². The van der Waals surface area contributed by atoms with Gasteiger partial charge in [0.25, 0.3) is 0 Å². The van der Waals surface area contributed by atoms with Crippen molar-refractivity contribution in [2.45, 2.75) is 31.7 Å². The van der Waals surface area contributed by atoms with Crippen LogP contribution in [0.2, 0.25) is 0 Å². The highest BCUT2D eigenvalue weighted by atomic mass is 14.9. The molecule has 1 N–H and O–H groups in total. The summed E-state index contributed by atoms with van der Waals surface area (Å²) in [6.07, 6.45) is 5.79. The van der Waals surface area contributed by atoms with E-state index in [1.807, 2.05) is 0 Å². The molecular weight excluding hydrogens is 110 g/mol. The predicted molar refractivity (Wildman–Crippen MR) is 37.7 cm³/mol. The van der Waals surface area contributed by atoms with Gasteiger partial charge in [0.15, 0.2) is 0 Å². The fraction of sp³-hybridized carbons (Fsp3) is 0.875. The summed E-state index contributed by atoms with van der Waals surface area (Å²) < 4.78 is 0. The highest BCUT2D eigenvalue weighted by Crippen LogP contribution is 2.44. The topological polar surface area (TPSA) is 12.0 Å². The van der Waals surface area contributed by atoms with Gasteiger partial charge >= 0.3 is 0 Å². The second kappa shape index (κ2) is 1.98. The minimum atomic E-state index is 0.782. The number of hydrogen-bond acceptors (Lipinski definition) is 1. The monoisotopic (exact) mass is 124 g/mol. The van der Waals surface area contributed by atoms with Gasteiger partial charge in [-0.25, -0.2) is 0 Å². The summed E-state index contributed by atoms with van der Waals surface area (Å²) in [5, 5.41) is 3.18. The Labute approximate surface area is 56.8 Å². The number of hydrogen-bond donors (Lipinski definition) is 1. The van der Waals surface area contributed by atoms with Gasteiger partial charge in [0.1, 0.15) is 0 Å². The molecule has 2 aliphatic rings. The molecule has 0 aliphatic heterocycles. The third kappa shape index (κ3) is 1.11. The largest absolute Gasteiger partial charge is 0.312 e. The van der Waals surface area contributed by atoms with Crippen molar-refractivity contribution in [1.29, 1.82) is 0 Å². The first-order valence-corrected chi connectivity index (χ1v) is 3.94. The second-order valence-electron chi connectivity index (χ2n) is 3.40. The lowest BCUT2D eigenvalue weighted by atomic mass is 10.1. The molecule has 1 radical (unpaired) electrons. The molecule has 0 amide bonds. The van der Waals surface area contributed by atoms with E-state index >= 15 is 0 Å². The Bertz CT molecular complexity index is 91.1. The van der Waals surface area contributed by atoms with Crippen LogP contribution in [0.1, 0.15) is 25.7 Å². The van der Waals surface area contributed by atoms with E-state index in [0.29, 0.717) is 0 Å². The Morgan fingerprint density at radius 2 is 1.56 bits per heavy atom. The quantitative estimate of drug-likeness (QED) is 0.602. The average molecular weight is 124 g/mol. The van der Waals surface area contributed by atoms with E-state index < -0.39 is 0 Å². The molecule has 2 saturated carbocycles. The first-order valence-electron chi connectivity index (χ1n) is 3.94. The Morgan fingerprint density at radius 3 is 1.78 bits per heavy atom. The lowest BCUT2D eigenvalue weighted by Crippen LogP contribution is -2.27. The van der Waals surface area contributed by atoms with Crippen LogP contribution in [0, 0.1) is 18.9 Å². The van der Waals surface area contributed by atoms with Crippen LogP contribution in [0.15, 0.2) is 0 Å². The molecule has 2 fully saturated rings. The van der Waals surface area contributed by atoms with Gasteiger partial charge in [-0.1, -0.05) is 0 Å². The van der Waals surface area contributed by atoms with Gasteiger partial charge in [-0.3, -0.25) is 0 Å². The summed E-state index contributed by atoms with van der Waals surface area (Å²) in [5.74, 6) is 1.99. The van der Waals surface area contributed by atoms with Gasteiger partial charge in [0, 0.05) is 13.1 Å². The van der Waals surface area contributed by atoms with E-state index in [2.05, 4.69) is 12.4 Å². The third-order valence-electron chi connectivity index (χ3n) is 2.50. The number of nitrogens with one attached hydrogen (secondary N) is 1. The third-order valence-corrected chi connectivity index (χ3v) is 2.50. The molecule has 9 heavy (non-hydrogen) atoms. The van der Waals surface area contributed by atoms with Crippen molar-refractivity contribution in [2.24, 2.45) is 11.8 Å². The fourth-order valence-corrected chi connectivity index (χ4v) is 1.63. The Morgan fingerprint density at radius 1 is 1.11 bits per heavy atom. The Balaban J connectivity index is 1.85. The van der Waals surface area contributed by atoms with Crippen molar-refractivity contribution in [3.63, 3.8) is 0 Å². The van der Waals surface area contributed by atoms with E-state index in [4.69, 9.17) is 0 Å². The minimum absolute atomic E-state index is 0.782. The van der Waals surface area contributed by atoms with E-state index in [0.717, 1.165) is 17.9 Å². The molecular formula is C8H14N. The summed E-state index contributed by atoms with van der Waals surface area (Å²) in [7, 11) is 3.76. The smallest absolute Gasteiger partial charge is 0.0124 e. The summed E-state index contributed by atoms with van der Waals surface area (Å²) >= 11 is 0. The lowest BCUT2D eigenvalue weighted by molar-refractivity contribution is 0.465. The van der Waals surface area contributed by atoms with Gasteiger partial charge in [-0.15, -0.1) is 0 Å². The molecule has 51 valence electrons. The molecule has 1 nitrogen and oxygen atoms in total. The normalized spacial score (nSPS) is 27.3. The van der Waals surface area contributed by atoms with Crippen molar-refractivity contribution in [3.05, 3.63) is 7.05 Å². The van der Waals surface area contributed by atoms with Crippen LogP contribution < -0.4 is 5.32 Å². The maximum absolute atomic E-state index is 3.76. The van der Waals surface area contributed by atoms with E-state index in [1.165, 1.54) is 25.7 Å². The zero-order valence-corrected chi connectivity index (χ0v) is 5.77. The van der Waals surface area contributed by atoms with Crippen LogP contribution >= 0.6 is 0 Å². The van der Waals surface area contributed by atoms with Gasteiger partial charge in [0.05, 0.1) is 0 Å². The van der Waals surface area contributed by atoms with Crippen LogP contribution in [-0.4, -0.2) is 6.04 Å². The maximum Gasteiger partial charge on any atom is 0.0124 e. The Kier molecular flexibility index (Phi) is 1.26. The summed E-state index contributed by atoms with van der Waals surface area (Å²) in [4.78, 5) is 0. The molecule has 0 atom stereocenters. The molecule has 0 unspecified atom stereocenters. The molecule has 0 aromatic carbocycles. The Hall–Kier alpha value is -0.0400. The van der Waals surface area contributed by atoms with Crippen molar-refractivity contribution >= 4 is 0 Å².